The van der Waals surface area contributed by atoms with Gasteiger partial charge in [-0.25, -0.2) is 0 Å². The van der Waals surface area contributed by atoms with E-state index in [0.717, 1.165) is 73.0 Å². The summed E-state index contributed by atoms with van der Waals surface area (Å²) in [7, 11) is 4.26. The highest BCUT2D eigenvalue weighted by atomic mass is 32.2. The lowest BCUT2D eigenvalue weighted by molar-refractivity contribution is -0.137. The Morgan fingerprint density at radius 2 is 1.21 bits per heavy atom. The Bertz CT molecular complexity index is 1860. The van der Waals surface area contributed by atoms with Crippen LogP contribution in [0.1, 0.15) is 65.6 Å². The van der Waals surface area contributed by atoms with E-state index in [1.165, 1.54) is 51.7 Å². The van der Waals surface area contributed by atoms with Gasteiger partial charge in [0.2, 0.25) is 0 Å². The summed E-state index contributed by atoms with van der Waals surface area (Å²) in [4.78, 5) is 8.81. The van der Waals surface area contributed by atoms with Crippen molar-refractivity contribution < 1.29 is 18.3 Å². The number of aliphatic hydroxyl groups excluding tert-OH is 1. The number of benzene rings is 4. The monoisotopic (exact) mass is 725 g/mol. The van der Waals surface area contributed by atoms with E-state index in [1.54, 1.807) is 6.07 Å². The summed E-state index contributed by atoms with van der Waals surface area (Å²) in [5.74, 6) is 0. The summed E-state index contributed by atoms with van der Waals surface area (Å²) in [5.41, 5.74) is 9.07. The average Bonchev–Trinajstić information content (AvgIpc) is 3.13. The zero-order chi connectivity index (χ0) is 36.9. The van der Waals surface area contributed by atoms with Crippen LogP contribution in [0, 0.1) is 0 Å². The molecule has 0 aromatic heterocycles. The molecule has 0 amide bonds. The van der Waals surface area contributed by atoms with Crippen LogP contribution in [-0.2, 0) is 11.6 Å². The van der Waals surface area contributed by atoms with Crippen LogP contribution in [0.15, 0.2) is 113 Å². The second kappa shape index (κ2) is 16.6. The van der Waals surface area contributed by atoms with Crippen molar-refractivity contribution in [2.45, 2.75) is 48.1 Å². The van der Waals surface area contributed by atoms with Crippen molar-refractivity contribution in [3.05, 3.63) is 142 Å². The van der Waals surface area contributed by atoms with E-state index in [2.05, 4.69) is 103 Å². The second-order valence-electron chi connectivity index (χ2n) is 14.5. The van der Waals surface area contributed by atoms with Crippen molar-refractivity contribution in [1.29, 1.82) is 0 Å². The predicted molar refractivity (Wildman–Crippen MR) is 209 cm³/mol. The quantitative estimate of drug-likeness (QED) is 0.172. The highest BCUT2D eigenvalue weighted by Gasteiger charge is 2.34. The molecule has 1 saturated heterocycles. The number of nitrogens with zero attached hydrogens (tertiary/aromatic N) is 3. The highest BCUT2D eigenvalue weighted by Crippen LogP contribution is 2.48. The first-order valence-electron chi connectivity index (χ1n) is 18.3. The van der Waals surface area contributed by atoms with Crippen molar-refractivity contribution in [3.63, 3.8) is 0 Å². The van der Waals surface area contributed by atoms with Gasteiger partial charge in [-0.05, 0) is 95.7 Å². The number of piperazine rings is 1. The molecule has 3 aliphatic rings. The maximum Gasteiger partial charge on any atom is 0.416 e. The van der Waals surface area contributed by atoms with E-state index in [9.17, 15) is 13.2 Å². The van der Waals surface area contributed by atoms with E-state index < -0.39 is 11.7 Å². The maximum absolute atomic E-state index is 13.3. The summed E-state index contributed by atoms with van der Waals surface area (Å²) >= 11 is 1.53. The minimum Gasteiger partial charge on any atom is -0.395 e. The van der Waals surface area contributed by atoms with Crippen molar-refractivity contribution >= 4 is 22.9 Å². The fourth-order valence-corrected chi connectivity index (χ4v) is 8.63. The van der Waals surface area contributed by atoms with E-state index in [4.69, 9.17) is 5.11 Å². The maximum atomic E-state index is 13.3. The van der Waals surface area contributed by atoms with Gasteiger partial charge in [-0.1, -0.05) is 104 Å². The van der Waals surface area contributed by atoms with Crippen LogP contribution in [0.2, 0.25) is 0 Å². The molecule has 0 atom stereocenters. The van der Waals surface area contributed by atoms with Gasteiger partial charge < -0.3 is 14.9 Å². The molecule has 0 bridgehead atoms. The Morgan fingerprint density at radius 3 is 1.81 bits per heavy atom. The van der Waals surface area contributed by atoms with Crippen LogP contribution in [0.5, 0.6) is 0 Å². The summed E-state index contributed by atoms with van der Waals surface area (Å²) in [6.45, 7) is 11.3. The first-order chi connectivity index (χ1) is 25.0. The van der Waals surface area contributed by atoms with Gasteiger partial charge in [0.15, 0.2) is 0 Å². The van der Waals surface area contributed by atoms with Gasteiger partial charge >= 0.3 is 6.18 Å². The van der Waals surface area contributed by atoms with E-state index in [1.807, 2.05) is 24.3 Å². The lowest BCUT2D eigenvalue weighted by Crippen LogP contribution is -2.47. The number of alkyl halides is 3. The highest BCUT2D eigenvalue weighted by molar-refractivity contribution is 7.99. The Hall–Kier alpha value is -3.66. The lowest BCUT2D eigenvalue weighted by atomic mass is 9.67. The summed E-state index contributed by atoms with van der Waals surface area (Å²) in [5, 5.41) is 9.06. The molecular formula is C44H50F3N3OS. The Kier molecular flexibility index (Phi) is 12.1. The molecular weight excluding hydrogens is 676 g/mol. The number of aliphatic hydroxyl groups is 1. The summed E-state index contributed by atoms with van der Waals surface area (Å²) in [6, 6.07) is 29.7. The van der Waals surface area contributed by atoms with Crippen LogP contribution >= 0.6 is 11.8 Å². The normalized spacial score (nSPS) is 17.5. The Balaban J connectivity index is 0.000000187. The van der Waals surface area contributed by atoms with E-state index >= 15 is 0 Å². The fourth-order valence-electron chi connectivity index (χ4n) is 7.54. The number of halogens is 3. The molecule has 1 aliphatic carbocycles. The van der Waals surface area contributed by atoms with Crippen LogP contribution in [0.25, 0.3) is 11.1 Å². The molecule has 1 fully saturated rings. The Labute approximate surface area is 311 Å². The van der Waals surface area contributed by atoms with E-state index in [-0.39, 0.29) is 12.0 Å². The minimum absolute atomic E-state index is 0.0616. The van der Waals surface area contributed by atoms with Gasteiger partial charge in [0.25, 0.3) is 0 Å². The summed E-state index contributed by atoms with van der Waals surface area (Å²) in [6.07, 6.45) is 2.01. The molecule has 0 saturated carbocycles. The van der Waals surface area contributed by atoms with Gasteiger partial charge in [-0.15, -0.1) is 0 Å². The molecule has 274 valence electrons. The molecule has 0 spiro atoms. The topological polar surface area (TPSA) is 30.0 Å². The molecule has 7 rings (SSSR count). The van der Waals surface area contributed by atoms with Gasteiger partial charge in [-0.3, -0.25) is 4.90 Å². The first kappa shape index (κ1) is 38.1. The molecule has 4 aromatic carbocycles. The zero-order valence-electron chi connectivity index (χ0n) is 30.7. The van der Waals surface area contributed by atoms with Crippen molar-refractivity contribution in [2.75, 3.05) is 66.5 Å². The SMILES string of the molecule is CN(C)CCC=C1c2ccccc2C(C)(C)c2ccccc21.OCCN1CCN(CC/C=C2/c3ccccc3Sc3ccc(C(F)(F)F)cc32)CC1. The number of hydrogen-bond donors (Lipinski definition) is 1. The molecule has 52 heavy (non-hydrogen) atoms. The van der Waals surface area contributed by atoms with Gasteiger partial charge in [0.05, 0.1) is 12.2 Å². The van der Waals surface area contributed by atoms with Crippen molar-refractivity contribution in [2.24, 2.45) is 0 Å². The third kappa shape index (κ3) is 8.58. The largest absolute Gasteiger partial charge is 0.416 e. The molecule has 2 heterocycles. The number of hydrogen-bond acceptors (Lipinski definition) is 5. The third-order valence-electron chi connectivity index (χ3n) is 10.4. The minimum atomic E-state index is -4.35. The molecule has 4 aromatic rings. The molecule has 0 unspecified atom stereocenters. The smallest absolute Gasteiger partial charge is 0.395 e. The van der Waals surface area contributed by atoms with Crippen LogP contribution in [-0.4, -0.2) is 86.3 Å². The number of rotatable bonds is 8. The molecule has 1 N–H and O–H groups in total. The van der Waals surface area contributed by atoms with Crippen molar-refractivity contribution in [3.8, 4) is 0 Å². The average molecular weight is 726 g/mol. The van der Waals surface area contributed by atoms with Gasteiger partial charge in [0.1, 0.15) is 0 Å². The molecule has 2 aliphatic heterocycles. The molecule has 8 heteroatoms. The Morgan fingerprint density at radius 1 is 0.692 bits per heavy atom. The van der Waals surface area contributed by atoms with Gasteiger partial charge in [-0.2, -0.15) is 13.2 Å². The zero-order valence-corrected chi connectivity index (χ0v) is 31.5. The number of β-amino-alcohol motifs (C(OH)–C–C–N with tert-alkyl or cyclic N) is 1. The van der Waals surface area contributed by atoms with E-state index in [0.29, 0.717) is 12.1 Å². The van der Waals surface area contributed by atoms with Crippen LogP contribution in [0.4, 0.5) is 13.2 Å². The van der Waals surface area contributed by atoms with Crippen LogP contribution in [0.3, 0.4) is 0 Å². The molecule has 0 radical (unpaired) electrons. The van der Waals surface area contributed by atoms with Gasteiger partial charge in [0, 0.05) is 61.0 Å². The third-order valence-corrected chi connectivity index (χ3v) is 11.5. The van der Waals surface area contributed by atoms with Crippen LogP contribution < -0.4 is 0 Å². The first-order valence-corrected chi connectivity index (χ1v) is 19.1. The fraction of sp³-hybridized carbons (Fsp3) is 0.364. The van der Waals surface area contributed by atoms with Crippen molar-refractivity contribution in [1.82, 2.24) is 14.7 Å². The predicted octanol–water partition coefficient (Wildman–Crippen LogP) is 9.31. The number of fused-ring (bicyclic) bond motifs is 4. The second-order valence-corrected chi connectivity index (χ2v) is 15.6. The standard InChI is InChI=1S/C23H25F3N2OS.C21H25N/c24-23(25,26)17-7-8-22-20(16-17)18(19-4-1-2-6-21(19)30-22)5-3-9-27-10-12-28(13-11-27)14-15-29;1-21(2)19-13-7-5-10-17(19)16(12-9-15-22(3)4)18-11-6-8-14-20(18)21/h1-2,4-8,16,29H,3,9-15H2;5-8,10-14H,9,15H2,1-4H3/b18-5-;. The summed E-state index contributed by atoms with van der Waals surface area (Å²) < 4.78 is 39.9. The molecule has 4 nitrogen and oxygen atoms in total. The lowest BCUT2D eigenvalue weighted by Gasteiger charge is -2.36.